The van der Waals surface area contributed by atoms with Crippen molar-refractivity contribution in [3.63, 3.8) is 0 Å². The quantitative estimate of drug-likeness (QED) is 0.334. The molecule has 0 radical (unpaired) electrons. The number of ether oxygens (including phenoxy) is 1. The zero-order valence-electron chi connectivity index (χ0n) is 11.5. The summed E-state index contributed by atoms with van der Waals surface area (Å²) >= 11 is 0. The predicted molar refractivity (Wildman–Crippen MR) is 66.7 cm³/mol. The molecule has 0 aliphatic carbocycles. The smallest absolute Gasteiger partial charge is 0.286 e. The Labute approximate surface area is 117 Å². The van der Waals surface area contributed by atoms with E-state index in [1.54, 1.807) is 0 Å². The molecule has 0 unspecified atom stereocenters. The molecule has 0 spiro atoms. The summed E-state index contributed by atoms with van der Waals surface area (Å²) in [6.45, 7) is -0.619. The number of hydrogen-bond donors (Lipinski definition) is 6. The van der Waals surface area contributed by atoms with Gasteiger partial charge in [-0.05, 0) is 0 Å². The van der Waals surface area contributed by atoms with Crippen molar-refractivity contribution in [1.29, 1.82) is 1.43 Å². The maximum absolute atomic E-state index is 11.8. The number of aromatic nitrogens is 4. The molecule has 0 saturated carbocycles. The summed E-state index contributed by atoms with van der Waals surface area (Å²) in [7, 11) is 0. The van der Waals surface area contributed by atoms with Crippen LogP contribution in [-0.4, -0.2) is 66.3 Å². The van der Waals surface area contributed by atoms with E-state index in [-0.39, 0.29) is 17.1 Å². The number of anilines is 1. The van der Waals surface area contributed by atoms with Crippen molar-refractivity contribution in [3.05, 3.63) is 16.7 Å². The second kappa shape index (κ2) is 4.47. The zero-order valence-corrected chi connectivity index (χ0v) is 10.5. The first-order valence-electron chi connectivity index (χ1n) is 6.38. The van der Waals surface area contributed by atoms with Crippen LogP contribution in [0.2, 0.25) is 0 Å². The van der Waals surface area contributed by atoms with Gasteiger partial charge < -0.3 is 30.9 Å². The molecule has 1 saturated heterocycles. The number of nitrogens with zero attached hydrogens (tertiary/aromatic N) is 3. The maximum Gasteiger partial charge on any atom is 0.286 e. The molecule has 11 nitrogen and oxygen atoms in total. The highest BCUT2D eigenvalue weighted by molar-refractivity contribution is 5.70. The summed E-state index contributed by atoms with van der Waals surface area (Å²) in [4.78, 5) is 21.7. The molecule has 0 bridgehead atoms. The fourth-order valence-electron chi connectivity index (χ4n) is 2.27. The van der Waals surface area contributed by atoms with Crippen LogP contribution in [0, 0.1) is 0 Å². The molecule has 1 aliphatic rings. The standard InChI is InChI=1S/C10H13N5O6/c11-9-13-7-4(8(19)14-9)12-2-15(7)10(20)6(18)5(17)3(1-16)21-10/h2-3,5-6,16-18,20H,1H2,(H3,11,13,14,19)/t3-,5-,6-,10-/m1/s1/i20D. The molecule has 21 heavy (non-hydrogen) atoms. The Morgan fingerprint density at radius 1 is 1.62 bits per heavy atom. The molecular weight excluding hydrogens is 286 g/mol. The van der Waals surface area contributed by atoms with E-state index < -0.39 is 36.4 Å². The number of nitrogen functional groups attached to an aromatic ring is 1. The van der Waals surface area contributed by atoms with Gasteiger partial charge in [0.2, 0.25) is 7.38 Å². The van der Waals surface area contributed by atoms with Gasteiger partial charge in [0.05, 0.1) is 6.61 Å². The summed E-state index contributed by atoms with van der Waals surface area (Å²) in [6.07, 6.45) is -3.40. The number of nitrogens with two attached hydrogens (primary N) is 1. The van der Waals surface area contributed by atoms with Crippen molar-refractivity contribution in [1.82, 2.24) is 19.5 Å². The second-order valence-electron chi connectivity index (χ2n) is 4.64. The van der Waals surface area contributed by atoms with Gasteiger partial charge in [0, 0.05) is 0 Å². The Balaban J connectivity index is 2.22. The van der Waals surface area contributed by atoms with Crippen molar-refractivity contribution in [2.75, 3.05) is 12.3 Å². The molecule has 0 aromatic carbocycles. The minimum atomic E-state index is -2.23. The van der Waals surface area contributed by atoms with Crippen LogP contribution in [0.1, 0.15) is 0 Å². The molecule has 3 rings (SSSR count). The number of aliphatic hydroxyl groups is 4. The van der Waals surface area contributed by atoms with Gasteiger partial charge in [-0.1, -0.05) is 0 Å². The van der Waals surface area contributed by atoms with Crippen molar-refractivity contribution >= 4 is 17.1 Å². The third kappa shape index (κ3) is 1.83. The summed E-state index contributed by atoms with van der Waals surface area (Å²) < 4.78 is 13.5. The van der Waals surface area contributed by atoms with Crippen LogP contribution in [0.25, 0.3) is 11.2 Å². The largest absolute Gasteiger partial charge is 0.394 e. The van der Waals surface area contributed by atoms with Crippen molar-refractivity contribution in [2.45, 2.75) is 24.2 Å². The molecule has 3 heterocycles. The topological polar surface area (TPSA) is 180 Å². The van der Waals surface area contributed by atoms with Gasteiger partial charge in [-0.25, -0.2) is 4.98 Å². The zero-order chi connectivity index (χ0) is 16.1. The van der Waals surface area contributed by atoms with Crippen LogP contribution in [0.5, 0.6) is 0 Å². The molecular formula is C10H13N5O6. The summed E-state index contributed by atoms with van der Waals surface area (Å²) in [5.74, 6) is -2.44. The Hall–Kier alpha value is -2.05. The van der Waals surface area contributed by atoms with Gasteiger partial charge in [0.1, 0.15) is 18.5 Å². The van der Waals surface area contributed by atoms with E-state index in [2.05, 4.69) is 20.1 Å². The number of rotatable bonds is 3. The van der Waals surface area contributed by atoms with E-state index >= 15 is 0 Å². The van der Waals surface area contributed by atoms with Crippen LogP contribution in [0.15, 0.2) is 11.1 Å². The lowest BCUT2D eigenvalue weighted by molar-refractivity contribution is -0.287. The lowest BCUT2D eigenvalue weighted by atomic mass is 10.1. The van der Waals surface area contributed by atoms with Crippen LogP contribution < -0.4 is 11.3 Å². The molecule has 2 aromatic heterocycles. The molecule has 1 fully saturated rings. The predicted octanol–water partition coefficient (Wildman–Crippen LogP) is -3.58. The minimum absolute atomic E-state index is 0.113. The van der Waals surface area contributed by atoms with Gasteiger partial charge in [-0.2, -0.15) is 4.98 Å². The number of aliphatic hydroxyl groups excluding tert-OH is 3. The van der Waals surface area contributed by atoms with Crippen LogP contribution in [0.4, 0.5) is 5.95 Å². The first kappa shape index (κ1) is 12.7. The summed E-state index contributed by atoms with van der Waals surface area (Å²) in [6, 6.07) is 0. The van der Waals surface area contributed by atoms with Gasteiger partial charge in [0.25, 0.3) is 11.5 Å². The van der Waals surface area contributed by atoms with Crippen LogP contribution >= 0.6 is 0 Å². The van der Waals surface area contributed by atoms with Crippen LogP contribution in [-0.2, 0) is 10.6 Å². The Bertz CT molecular complexity index is 764. The Morgan fingerprint density at radius 3 is 3.00 bits per heavy atom. The Morgan fingerprint density at radius 2 is 2.38 bits per heavy atom. The number of nitrogens with one attached hydrogen (secondary N) is 1. The van der Waals surface area contributed by atoms with E-state index in [1.807, 2.05) is 0 Å². The highest BCUT2D eigenvalue weighted by Gasteiger charge is 2.55. The van der Waals surface area contributed by atoms with E-state index in [1.165, 1.54) is 0 Å². The first-order chi connectivity index (χ1) is 10.4. The first-order valence-corrected chi connectivity index (χ1v) is 5.97. The molecule has 114 valence electrons. The van der Waals surface area contributed by atoms with E-state index in [4.69, 9.17) is 17.0 Å². The van der Waals surface area contributed by atoms with Gasteiger partial charge in [-0.15, -0.1) is 0 Å². The second-order valence-corrected chi connectivity index (χ2v) is 4.64. The Kier molecular flexibility index (Phi) is 2.70. The lowest BCUT2D eigenvalue weighted by Crippen LogP contribution is -2.45. The molecule has 1 aliphatic heterocycles. The molecule has 7 N–H and O–H groups in total. The highest BCUT2D eigenvalue weighted by Crippen LogP contribution is 2.34. The van der Waals surface area contributed by atoms with Gasteiger partial charge >= 0.3 is 0 Å². The third-order valence-electron chi connectivity index (χ3n) is 3.34. The fraction of sp³-hybridized carbons (Fsp3) is 0.500. The normalized spacial score (nSPS) is 33.5. The van der Waals surface area contributed by atoms with Gasteiger partial charge in [-0.3, -0.25) is 14.3 Å². The van der Waals surface area contributed by atoms with E-state index in [0.29, 0.717) is 0 Å². The summed E-state index contributed by atoms with van der Waals surface area (Å²) in [5, 5.41) is 33.6. The third-order valence-corrected chi connectivity index (χ3v) is 3.34. The maximum atomic E-state index is 11.8. The lowest BCUT2D eigenvalue weighted by Gasteiger charge is -2.27. The number of H-pyrrole nitrogens is 1. The number of imidazole rings is 1. The van der Waals surface area contributed by atoms with E-state index in [0.717, 1.165) is 10.9 Å². The van der Waals surface area contributed by atoms with Crippen molar-refractivity contribution in [2.24, 2.45) is 0 Å². The minimum Gasteiger partial charge on any atom is -0.394 e. The SMILES string of the molecule is [2H]O[C@@]1(n2cnc3c(=O)[nH]c(N)nc32)O[C@H](CO)[C@@H](O)[C@H]1O. The number of aromatic amines is 1. The van der Waals surface area contributed by atoms with E-state index in [9.17, 15) is 15.0 Å². The number of hydrogen-bond acceptors (Lipinski definition) is 9. The molecule has 2 aromatic rings. The monoisotopic (exact) mass is 300 g/mol. The van der Waals surface area contributed by atoms with Crippen molar-refractivity contribution in [3.8, 4) is 0 Å². The van der Waals surface area contributed by atoms with Crippen molar-refractivity contribution < 1.29 is 25.2 Å². The molecule has 11 heteroatoms. The van der Waals surface area contributed by atoms with Crippen LogP contribution in [0.3, 0.4) is 0 Å². The molecule has 0 amide bonds. The molecule has 4 atom stereocenters. The number of fused-ring (bicyclic) bond motifs is 1. The fourth-order valence-corrected chi connectivity index (χ4v) is 2.27. The average molecular weight is 300 g/mol. The highest BCUT2D eigenvalue weighted by atomic mass is 16.7. The average Bonchev–Trinajstić information content (AvgIpc) is 3.01. The summed E-state index contributed by atoms with van der Waals surface area (Å²) in [5.41, 5.74) is 4.60. The van der Waals surface area contributed by atoms with Gasteiger partial charge in [0.15, 0.2) is 17.3 Å².